The first-order chi connectivity index (χ1) is 6.95. The van der Waals surface area contributed by atoms with Gasteiger partial charge in [0.2, 0.25) is 0 Å². The summed E-state index contributed by atoms with van der Waals surface area (Å²) in [7, 11) is 0. The minimum atomic E-state index is -1.02. The van der Waals surface area contributed by atoms with Crippen molar-refractivity contribution in [1.82, 2.24) is 20.6 Å². The quantitative estimate of drug-likeness (QED) is 0.662. The molecular formula is C9H15InN4. The molecule has 0 saturated carbocycles. The summed E-state index contributed by atoms with van der Waals surface area (Å²) < 4.78 is 4.53. The summed E-state index contributed by atoms with van der Waals surface area (Å²) in [5.41, 5.74) is 0. The molecule has 0 aliphatic carbocycles. The van der Waals surface area contributed by atoms with E-state index >= 15 is 0 Å². The second-order valence-corrected chi connectivity index (χ2v) is 13.2. The van der Waals surface area contributed by atoms with Crippen LogP contribution in [-0.4, -0.2) is 42.1 Å². The molecule has 0 bridgehead atoms. The Morgan fingerprint density at radius 3 is 2.86 bits per heavy atom. The standard InChI is InChI=1S/C5H9N4.C4H6.In/c1-2-3-4-5-6-8-9-7-5;1-3-4-2;/h1-4H2,(H,6,7,8,9);3-4H,1-2H2;. The molecule has 0 atom stereocenters. The SMILES string of the molecule is C1=C[CH2][In]([CH2]CCCc2nn[nH]n2)[CH2]1. The molecule has 14 heavy (non-hydrogen) atoms. The number of tetrazole rings is 1. The van der Waals surface area contributed by atoms with Gasteiger partial charge in [-0.05, 0) is 0 Å². The van der Waals surface area contributed by atoms with Crippen LogP contribution in [0, 0.1) is 0 Å². The summed E-state index contributed by atoms with van der Waals surface area (Å²) in [5, 5.41) is 13.9. The van der Waals surface area contributed by atoms with E-state index in [2.05, 4.69) is 32.8 Å². The fourth-order valence-corrected chi connectivity index (χ4v) is 9.58. The molecule has 2 heterocycles. The third-order valence-corrected chi connectivity index (χ3v) is 11.6. The van der Waals surface area contributed by atoms with Gasteiger partial charge in [-0.3, -0.25) is 0 Å². The van der Waals surface area contributed by atoms with Crippen molar-refractivity contribution in [3.8, 4) is 0 Å². The van der Waals surface area contributed by atoms with E-state index in [9.17, 15) is 0 Å². The summed E-state index contributed by atoms with van der Waals surface area (Å²) in [6, 6.07) is 0. The molecule has 2 rings (SSSR count). The zero-order valence-electron chi connectivity index (χ0n) is 8.32. The second kappa shape index (κ2) is 5.53. The molecular weight excluding hydrogens is 279 g/mol. The van der Waals surface area contributed by atoms with Crippen molar-refractivity contribution in [2.75, 3.05) is 0 Å². The van der Waals surface area contributed by atoms with Crippen molar-refractivity contribution >= 4 is 21.4 Å². The maximum absolute atomic E-state index is 3.94. The van der Waals surface area contributed by atoms with Crippen LogP contribution in [-0.2, 0) is 6.42 Å². The predicted molar refractivity (Wildman–Crippen MR) is 56.4 cm³/mol. The molecule has 0 radical (unpaired) electrons. The Labute approximate surface area is 91.7 Å². The van der Waals surface area contributed by atoms with Crippen LogP contribution < -0.4 is 0 Å². The van der Waals surface area contributed by atoms with Crippen LogP contribution in [0.3, 0.4) is 0 Å². The van der Waals surface area contributed by atoms with Gasteiger partial charge in [0.1, 0.15) is 0 Å². The summed E-state index contributed by atoms with van der Waals surface area (Å²) in [6.45, 7) is 0. The van der Waals surface area contributed by atoms with E-state index in [4.69, 9.17) is 0 Å². The zero-order chi connectivity index (χ0) is 9.64. The first-order valence-corrected chi connectivity index (χ1v) is 12.3. The van der Waals surface area contributed by atoms with Crippen molar-refractivity contribution in [2.45, 2.75) is 31.8 Å². The van der Waals surface area contributed by atoms with Crippen molar-refractivity contribution in [3.63, 3.8) is 0 Å². The Morgan fingerprint density at radius 1 is 1.29 bits per heavy atom. The van der Waals surface area contributed by atoms with Crippen molar-refractivity contribution in [3.05, 3.63) is 18.0 Å². The van der Waals surface area contributed by atoms with Crippen LogP contribution in [0.5, 0.6) is 0 Å². The van der Waals surface area contributed by atoms with E-state index in [0.717, 1.165) is 12.2 Å². The topological polar surface area (TPSA) is 54.5 Å². The van der Waals surface area contributed by atoms with Crippen LogP contribution >= 0.6 is 0 Å². The van der Waals surface area contributed by atoms with Gasteiger partial charge in [0.05, 0.1) is 0 Å². The van der Waals surface area contributed by atoms with Crippen molar-refractivity contribution < 1.29 is 0 Å². The molecule has 0 aromatic carbocycles. The fraction of sp³-hybridized carbons (Fsp3) is 0.667. The Bertz CT molecular complexity index is 275. The van der Waals surface area contributed by atoms with Crippen molar-refractivity contribution in [2.24, 2.45) is 0 Å². The summed E-state index contributed by atoms with van der Waals surface area (Å²) in [4.78, 5) is 0. The first-order valence-electron chi connectivity index (χ1n) is 5.32. The number of hydrogen-bond donors (Lipinski definition) is 1. The number of aromatic amines is 1. The van der Waals surface area contributed by atoms with E-state index in [-0.39, 0.29) is 0 Å². The van der Waals surface area contributed by atoms with E-state index in [0.29, 0.717) is 0 Å². The number of allylic oxidation sites excluding steroid dienone is 2. The van der Waals surface area contributed by atoms with E-state index < -0.39 is 21.4 Å². The van der Waals surface area contributed by atoms with E-state index in [1.165, 1.54) is 21.2 Å². The Kier molecular flexibility index (Phi) is 4.03. The molecule has 1 aliphatic rings. The molecule has 74 valence electrons. The van der Waals surface area contributed by atoms with Gasteiger partial charge < -0.3 is 0 Å². The molecule has 0 fully saturated rings. The monoisotopic (exact) mass is 294 g/mol. The van der Waals surface area contributed by atoms with Crippen LogP contribution in [0.4, 0.5) is 0 Å². The van der Waals surface area contributed by atoms with Gasteiger partial charge in [-0.25, -0.2) is 0 Å². The van der Waals surface area contributed by atoms with Gasteiger partial charge in [0.15, 0.2) is 0 Å². The molecule has 1 aromatic rings. The average Bonchev–Trinajstić information content (AvgIpc) is 2.86. The third-order valence-electron chi connectivity index (χ3n) is 2.76. The molecule has 0 spiro atoms. The minimum absolute atomic E-state index is 0.866. The molecule has 1 aromatic heterocycles. The summed E-state index contributed by atoms with van der Waals surface area (Å²) in [5.74, 6) is 0.866. The van der Waals surface area contributed by atoms with Crippen LogP contribution in [0.25, 0.3) is 0 Å². The van der Waals surface area contributed by atoms with Gasteiger partial charge >= 0.3 is 91.8 Å². The number of rotatable bonds is 5. The van der Waals surface area contributed by atoms with Crippen LogP contribution in [0.2, 0.25) is 12.5 Å². The molecule has 0 saturated heterocycles. The Balaban J connectivity index is 1.55. The zero-order valence-corrected chi connectivity index (χ0v) is 11.6. The van der Waals surface area contributed by atoms with Gasteiger partial charge in [0.25, 0.3) is 0 Å². The number of nitrogens with zero attached hydrogens (tertiary/aromatic N) is 3. The molecule has 1 N–H and O–H groups in total. The number of aromatic nitrogens is 4. The van der Waals surface area contributed by atoms with Gasteiger partial charge in [-0.15, -0.1) is 0 Å². The summed E-state index contributed by atoms with van der Waals surface area (Å²) >= 11 is -1.02. The first kappa shape index (κ1) is 10.2. The number of unbranched alkanes of at least 4 members (excludes halogenated alkanes) is 1. The molecule has 4 nitrogen and oxygen atoms in total. The third kappa shape index (κ3) is 3.12. The van der Waals surface area contributed by atoms with Crippen molar-refractivity contribution in [1.29, 1.82) is 0 Å². The number of hydrogen-bond acceptors (Lipinski definition) is 3. The normalized spacial score (nSPS) is 15.3. The van der Waals surface area contributed by atoms with Gasteiger partial charge in [-0.2, -0.15) is 0 Å². The summed E-state index contributed by atoms with van der Waals surface area (Å²) in [6.07, 6.45) is 8.37. The second-order valence-electron chi connectivity index (χ2n) is 3.88. The molecule has 0 amide bonds. The number of nitrogens with one attached hydrogen (secondary N) is 1. The average molecular weight is 294 g/mol. The number of aryl methyl sites for hydroxylation is 1. The molecule has 1 aliphatic heterocycles. The Morgan fingerprint density at radius 2 is 2.14 bits per heavy atom. The Hall–Kier alpha value is -0.320. The van der Waals surface area contributed by atoms with Crippen LogP contribution in [0.1, 0.15) is 18.7 Å². The van der Waals surface area contributed by atoms with Gasteiger partial charge in [0, 0.05) is 0 Å². The van der Waals surface area contributed by atoms with Gasteiger partial charge in [-0.1, -0.05) is 0 Å². The van der Waals surface area contributed by atoms with E-state index in [1.54, 1.807) is 4.18 Å². The fourth-order valence-electron chi connectivity index (χ4n) is 1.91. The van der Waals surface area contributed by atoms with E-state index in [1.807, 2.05) is 0 Å². The molecule has 0 unspecified atom stereocenters. The molecule has 5 heteroatoms. The maximum atomic E-state index is 3.94. The van der Waals surface area contributed by atoms with Crippen LogP contribution in [0.15, 0.2) is 12.2 Å². The number of H-pyrrole nitrogens is 1. The predicted octanol–water partition coefficient (Wildman–Crippen LogP) is 1.59.